The van der Waals surface area contributed by atoms with Crippen molar-refractivity contribution in [1.29, 1.82) is 0 Å². The van der Waals surface area contributed by atoms with Gasteiger partial charge in [0.15, 0.2) is 0 Å². The molecule has 1 aromatic rings. The van der Waals surface area contributed by atoms with E-state index in [0.717, 1.165) is 12.5 Å². The number of piperidine rings is 1. The summed E-state index contributed by atoms with van der Waals surface area (Å²) in [5.41, 5.74) is 0. The van der Waals surface area contributed by atoms with Gasteiger partial charge in [-0.15, -0.1) is 11.3 Å². The lowest BCUT2D eigenvalue weighted by molar-refractivity contribution is 0.170. The summed E-state index contributed by atoms with van der Waals surface area (Å²) in [6.07, 6.45) is 2.58. The van der Waals surface area contributed by atoms with E-state index in [1.807, 2.05) is 11.3 Å². The minimum atomic E-state index is 0.689. The van der Waals surface area contributed by atoms with Crippen LogP contribution in [-0.4, -0.2) is 37.6 Å². The maximum absolute atomic E-state index is 3.59. The van der Waals surface area contributed by atoms with Gasteiger partial charge in [0, 0.05) is 24.0 Å². The zero-order valence-electron chi connectivity index (χ0n) is 10.3. The minimum Gasteiger partial charge on any atom is -0.313 e. The normalized spacial score (nSPS) is 27.1. The SMILES string of the molecule is CCNC1CC(Cc2cccs2)CN(C)C1. The molecule has 0 radical (unpaired) electrons. The zero-order valence-corrected chi connectivity index (χ0v) is 11.1. The molecule has 2 atom stereocenters. The molecular weight excluding hydrogens is 216 g/mol. The van der Waals surface area contributed by atoms with Gasteiger partial charge in [-0.25, -0.2) is 0 Å². The third-order valence-electron chi connectivity index (χ3n) is 3.28. The largest absolute Gasteiger partial charge is 0.313 e. The lowest BCUT2D eigenvalue weighted by Gasteiger charge is -2.36. The third kappa shape index (κ3) is 3.30. The lowest BCUT2D eigenvalue weighted by Crippen LogP contribution is -2.48. The molecule has 2 heterocycles. The summed E-state index contributed by atoms with van der Waals surface area (Å²) in [5, 5.41) is 5.77. The first-order valence-corrected chi connectivity index (χ1v) is 7.10. The van der Waals surface area contributed by atoms with Crippen LogP contribution in [0.5, 0.6) is 0 Å². The van der Waals surface area contributed by atoms with Crippen molar-refractivity contribution in [3.63, 3.8) is 0 Å². The van der Waals surface area contributed by atoms with Crippen LogP contribution >= 0.6 is 11.3 Å². The average molecular weight is 238 g/mol. The highest BCUT2D eigenvalue weighted by Gasteiger charge is 2.24. The van der Waals surface area contributed by atoms with Crippen LogP contribution in [0.1, 0.15) is 18.2 Å². The van der Waals surface area contributed by atoms with Crippen LogP contribution in [0.4, 0.5) is 0 Å². The fourth-order valence-electron chi connectivity index (χ4n) is 2.74. The van der Waals surface area contributed by atoms with Crippen molar-refractivity contribution in [3.8, 4) is 0 Å². The second-order valence-corrected chi connectivity index (χ2v) is 5.89. The number of nitrogens with one attached hydrogen (secondary N) is 1. The fraction of sp³-hybridized carbons (Fsp3) is 0.692. The Balaban J connectivity index is 1.89. The highest BCUT2D eigenvalue weighted by molar-refractivity contribution is 7.09. The maximum atomic E-state index is 3.59. The fourth-order valence-corrected chi connectivity index (χ4v) is 3.56. The maximum Gasteiger partial charge on any atom is 0.0198 e. The van der Waals surface area contributed by atoms with Gasteiger partial charge in [0.1, 0.15) is 0 Å². The summed E-state index contributed by atoms with van der Waals surface area (Å²) >= 11 is 1.89. The van der Waals surface area contributed by atoms with E-state index in [1.165, 1.54) is 30.8 Å². The number of hydrogen-bond donors (Lipinski definition) is 1. The van der Waals surface area contributed by atoms with E-state index >= 15 is 0 Å². The van der Waals surface area contributed by atoms with Crippen LogP contribution in [0.15, 0.2) is 17.5 Å². The Hall–Kier alpha value is -0.380. The van der Waals surface area contributed by atoms with Gasteiger partial charge in [-0.05, 0) is 43.8 Å². The summed E-state index contributed by atoms with van der Waals surface area (Å²) in [7, 11) is 2.24. The number of thiophene rings is 1. The van der Waals surface area contributed by atoms with Crippen LogP contribution < -0.4 is 5.32 Å². The molecule has 1 aliphatic heterocycles. The van der Waals surface area contributed by atoms with Crippen molar-refractivity contribution in [3.05, 3.63) is 22.4 Å². The summed E-state index contributed by atoms with van der Waals surface area (Å²) in [6, 6.07) is 5.12. The molecule has 0 saturated carbocycles. The first kappa shape index (κ1) is 12.1. The van der Waals surface area contributed by atoms with Gasteiger partial charge in [0.05, 0.1) is 0 Å². The van der Waals surface area contributed by atoms with Gasteiger partial charge in [0.25, 0.3) is 0 Å². The molecule has 3 heteroatoms. The highest BCUT2D eigenvalue weighted by atomic mass is 32.1. The van der Waals surface area contributed by atoms with Crippen LogP contribution in [0.3, 0.4) is 0 Å². The van der Waals surface area contributed by atoms with Crippen molar-refractivity contribution < 1.29 is 0 Å². The molecule has 1 saturated heterocycles. The van der Waals surface area contributed by atoms with Gasteiger partial charge in [-0.2, -0.15) is 0 Å². The standard InChI is InChI=1S/C13H22N2S/c1-3-14-12-7-11(9-15(2)10-12)8-13-5-4-6-16-13/h4-6,11-12,14H,3,7-10H2,1-2H3. The molecule has 0 aliphatic carbocycles. The molecule has 2 unspecified atom stereocenters. The number of hydrogen-bond acceptors (Lipinski definition) is 3. The second-order valence-electron chi connectivity index (χ2n) is 4.86. The van der Waals surface area contributed by atoms with Crippen LogP contribution in [0, 0.1) is 5.92 Å². The van der Waals surface area contributed by atoms with Crippen LogP contribution in [0.25, 0.3) is 0 Å². The predicted molar refractivity (Wildman–Crippen MR) is 71.1 cm³/mol. The number of rotatable bonds is 4. The quantitative estimate of drug-likeness (QED) is 0.865. The minimum absolute atomic E-state index is 0.689. The van der Waals surface area contributed by atoms with E-state index in [9.17, 15) is 0 Å². The Labute approximate surface area is 103 Å². The monoisotopic (exact) mass is 238 g/mol. The van der Waals surface area contributed by atoms with E-state index in [4.69, 9.17) is 0 Å². The summed E-state index contributed by atoms with van der Waals surface area (Å²) in [4.78, 5) is 4.00. The smallest absolute Gasteiger partial charge is 0.0198 e. The molecule has 2 rings (SSSR count). The molecule has 1 aromatic heterocycles. The topological polar surface area (TPSA) is 15.3 Å². The predicted octanol–water partition coefficient (Wildman–Crippen LogP) is 2.22. The molecule has 2 nitrogen and oxygen atoms in total. The molecule has 1 N–H and O–H groups in total. The molecule has 1 fully saturated rings. The first-order valence-electron chi connectivity index (χ1n) is 6.22. The van der Waals surface area contributed by atoms with Gasteiger partial charge >= 0.3 is 0 Å². The van der Waals surface area contributed by atoms with Crippen LogP contribution in [0.2, 0.25) is 0 Å². The number of nitrogens with zero attached hydrogens (tertiary/aromatic N) is 1. The van der Waals surface area contributed by atoms with E-state index in [-0.39, 0.29) is 0 Å². The number of likely N-dealkylation sites (tertiary alicyclic amines) is 1. The van der Waals surface area contributed by atoms with Gasteiger partial charge in [-0.1, -0.05) is 13.0 Å². The molecule has 0 spiro atoms. The van der Waals surface area contributed by atoms with E-state index in [0.29, 0.717) is 6.04 Å². The summed E-state index contributed by atoms with van der Waals surface area (Å²) < 4.78 is 0. The Morgan fingerprint density at radius 2 is 2.38 bits per heavy atom. The highest BCUT2D eigenvalue weighted by Crippen LogP contribution is 2.22. The average Bonchev–Trinajstić information content (AvgIpc) is 2.70. The Morgan fingerprint density at radius 3 is 3.06 bits per heavy atom. The van der Waals surface area contributed by atoms with Crippen LogP contribution in [-0.2, 0) is 6.42 Å². The van der Waals surface area contributed by atoms with Crippen molar-refractivity contribution in [1.82, 2.24) is 10.2 Å². The molecule has 0 bridgehead atoms. The van der Waals surface area contributed by atoms with Gasteiger partial charge in [-0.3, -0.25) is 0 Å². The Morgan fingerprint density at radius 1 is 1.50 bits per heavy atom. The second kappa shape index (κ2) is 5.80. The molecule has 90 valence electrons. The Bertz CT molecular complexity index is 297. The third-order valence-corrected chi connectivity index (χ3v) is 4.18. The molecule has 0 amide bonds. The first-order chi connectivity index (χ1) is 7.78. The van der Waals surface area contributed by atoms with Gasteiger partial charge < -0.3 is 10.2 Å². The molecule has 0 aromatic carbocycles. The zero-order chi connectivity index (χ0) is 11.4. The van der Waals surface area contributed by atoms with E-state index in [1.54, 1.807) is 0 Å². The van der Waals surface area contributed by atoms with E-state index in [2.05, 4.69) is 41.7 Å². The Kier molecular flexibility index (Phi) is 4.38. The van der Waals surface area contributed by atoms with Crippen molar-refractivity contribution in [2.45, 2.75) is 25.8 Å². The molecule has 16 heavy (non-hydrogen) atoms. The summed E-state index contributed by atoms with van der Waals surface area (Å²) in [5.74, 6) is 0.821. The summed E-state index contributed by atoms with van der Waals surface area (Å²) in [6.45, 7) is 5.74. The van der Waals surface area contributed by atoms with Crippen molar-refractivity contribution in [2.75, 3.05) is 26.7 Å². The van der Waals surface area contributed by atoms with Crippen molar-refractivity contribution in [2.24, 2.45) is 5.92 Å². The van der Waals surface area contributed by atoms with Gasteiger partial charge in [0.2, 0.25) is 0 Å². The van der Waals surface area contributed by atoms with E-state index < -0.39 is 0 Å². The van der Waals surface area contributed by atoms with Crippen molar-refractivity contribution >= 4 is 11.3 Å². The molecule has 1 aliphatic rings. The lowest BCUT2D eigenvalue weighted by atomic mass is 9.91. The number of likely N-dealkylation sites (N-methyl/N-ethyl adjacent to an activating group) is 2. The molecular formula is C13H22N2S.